The molecule has 142 valence electrons. The van der Waals surface area contributed by atoms with Crippen LogP contribution in [-0.2, 0) is 4.18 Å². The molecule has 0 fully saturated rings. The van der Waals surface area contributed by atoms with Crippen molar-refractivity contribution in [3.8, 4) is 39.1 Å². The van der Waals surface area contributed by atoms with E-state index >= 15 is 0 Å². The lowest BCUT2D eigenvalue weighted by atomic mass is 9.85. The van der Waals surface area contributed by atoms with E-state index in [1.807, 2.05) is 91.0 Å². The van der Waals surface area contributed by atoms with E-state index in [1.54, 1.807) is 6.07 Å². The van der Waals surface area contributed by atoms with E-state index in [0.29, 0.717) is 5.56 Å². The van der Waals surface area contributed by atoms with E-state index in [9.17, 15) is 9.90 Å². The number of rotatable bonds is 4. The minimum absolute atomic E-state index is 0.0670. The van der Waals surface area contributed by atoms with Gasteiger partial charge in [-0.25, -0.2) is 4.79 Å². The fourth-order valence-electron chi connectivity index (χ4n) is 3.51. The van der Waals surface area contributed by atoms with Crippen molar-refractivity contribution in [1.29, 1.82) is 0 Å². The third kappa shape index (κ3) is 3.62. The van der Waals surface area contributed by atoms with Crippen molar-refractivity contribution in [1.82, 2.24) is 0 Å². The summed E-state index contributed by atoms with van der Waals surface area (Å²) in [7, 11) is 0. The molecule has 4 aromatic rings. The number of phenolic OH excluding ortho intramolecular Hbond substituents is 1. The van der Waals surface area contributed by atoms with Gasteiger partial charge in [0, 0.05) is 24.0 Å². The number of phenols is 1. The summed E-state index contributed by atoms with van der Waals surface area (Å²) < 4.78 is 4.64. The predicted molar refractivity (Wildman–Crippen MR) is 119 cm³/mol. The average molecular weight is 398 g/mol. The average Bonchev–Trinajstić information content (AvgIpc) is 2.80. The lowest BCUT2D eigenvalue weighted by Gasteiger charge is -2.20. The fourth-order valence-corrected chi connectivity index (χ4v) is 3.61. The number of hydrogen-bond acceptors (Lipinski definition) is 4. The van der Waals surface area contributed by atoms with Crippen molar-refractivity contribution in [2.75, 3.05) is 0 Å². The Morgan fingerprint density at radius 2 is 1.14 bits per heavy atom. The first-order valence-electron chi connectivity index (χ1n) is 9.12. The molecular formula is C25H18O3S. The van der Waals surface area contributed by atoms with Crippen molar-refractivity contribution in [2.24, 2.45) is 0 Å². The van der Waals surface area contributed by atoms with Crippen molar-refractivity contribution < 1.29 is 14.1 Å². The van der Waals surface area contributed by atoms with Crippen LogP contribution in [0.25, 0.3) is 33.4 Å². The number of carbonyl (C=O) groups is 1. The summed E-state index contributed by atoms with van der Waals surface area (Å²) in [5.41, 5.74) is 4.97. The van der Waals surface area contributed by atoms with Crippen LogP contribution in [0.2, 0.25) is 0 Å². The number of hydrogen-bond donors (Lipinski definition) is 2. The van der Waals surface area contributed by atoms with Crippen LogP contribution in [0.3, 0.4) is 0 Å². The van der Waals surface area contributed by atoms with E-state index < -0.39 is 5.97 Å². The number of benzene rings is 4. The van der Waals surface area contributed by atoms with Gasteiger partial charge < -0.3 is 9.29 Å². The van der Waals surface area contributed by atoms with E-state index in [2.05, 4.69) is 17.1 Å². The number of thiol groups is 1. The van der Waals surface area contributed by atoms with Gasteiger partial charge in [-0.1, -0.05) is 91.0 Å². The summed E-state index contributed by atoms with van der Waals surface area (Å²) in [5, 5.41) is 11.1. The Morgan fingerprint density at radius 1 is 0.690 bits per heavy atom. The molecule has 0 saturated carbocycles. The first kappa shape index (κ1) is 18.8. The molecule has 0 aliphatic heterocycles. The molecule has 0 atom stereocenters. The van der Waals surface area contributed by atoms with Gasteiger partial charge >= 0.3 is 5.97 Å². The Morgan fingerprint density at radius 3 is 1.62 bits per heavy atom. The zero-order valence-electron chi connectivity index (χ0n) is 15.4. The Balaban J connectivity index is 2.16. The molecular weight excluding hydrogens is 380 g/mol. The monoisotopic (exact) mass is 398 g/mol. The van der Waals surface area contributed by atoms with Crippen molar-refractivity contribution in [2.45, 2.75) is 0 Å². The third-order valence-corrected chi connectivity index (χ3v) is 4.98. The van der Waals surface area contributed by atoms with Gasteiger partial charge in [-0.05, 0) is 28.3 Å². The maximum atomic E-state index is 12.4. The Labute approximate surface area is 174 Å². The minimum Gasteiger partial charge on any atom is -0.506 e. The van der Waals surface area contributed by atoms with Gasteiger partial charge in [0.1, 0.15) is 11.3 Å². The van der Waals surface area contributed by atoms with Crippen LogP contribution >= 0.6 is 12.9 Å². The van der Waals surface area contributed by atoms with Crippen LogP contribution in [0.15, 0.2) is 97.1 Å². The van der Waals surface area contributed by atoms with Gasteiger partial charge in [0.05, 0.1) is 0 Å². The van der Waals surface area contributed by atoms with E-state index in [-0.39, 0.29) is 11.3 Å². The third-order valence-electron chi connectivity index (χ3n) is 4.81. The van der Waals surface area contributed by atoms with E-state index in [0.717, 1.165) is 27.8 Å². The summed E-state index contributed by atoms with van der Waals surface area (Å²) in [4.78, 5) is 12.4. The molecule has 0 aliphatic rings. The molecule has 3 nitrogen and oxygen atoms in total. The van der Waals surface area contributed by atoms with Crippen LogP contribution in [-0.4, -0.2) is 11.1 Å². The molecule has 29 heavy (non-hydrogen) atoms. The molecule has 0 saturated heterocycles. The molecule has 4 rings (SSSR count). The molecule has 4 aromatic carbocycles. The van der Waals surface area contributed by atoms with Gasteiger partial charge in [-0.15, -0.1) is 0 Å². The number of carbonyl (C=O) groups excluding carboxylic acids is 1. The standard InChI is InChI=1S/C25H18O3S/c26-24-21(25(27)28-29)16-20(17-10-4-1-5-11-17)22(18-12-6-2-7-13-18)23(24)19-14-8-3-9-15-19/h1-16,26,29H. The lowest BCUT2D eigenvalue weighted by Crippen LogP contribution is -2.03. The molecule has 0 aliphatic carbocycles. The van der Waals surface area contributed by atoms with Crippen LogP contribution in [0.5, 0.6) is 5.75 Å². The SMILES string of the molecule is O=C(OS)c1cc(-c2ccccc2)c(-c2ccccc2)c(-c2ccccc2)c1O. The number of aromatic hydroxyl groups is 1. The molecule has 0 spiro atoms. The van der Waals surface area contributed by atoms with Crippen LogP contribution < -0.4 is 0 Å². The molecule has 0 radical (unpaired) electrons. The van der Waals surface area contributed by atoms with Crippen molar-refractivity contribution >= 4 is 18.9 Å². The highest BCUT2D eigenvalue weighted by atomic mass is 32.1. The highest BCUT2D eigenvalue weighted by Crippen LogP contribution is 2.46. The predicted octanol–water partition coefficient (Wildman–Crippen LogP) is 6.39. The summed E-state index contributed by atoms with van der Waals surface area (Å²) in [6.45, 7) is 0. The van der Waals surface area contributed by atoms with Crippen LogP contribution in [0, 0.1) is 0 Å². The normalized spacial score (nSPS) is 10.5. The fraction of sp³-hybridized carbons (Fsp3) is 0. The summed E-state index contributed by atoms with van der Waals surface area (Å²) in [6.07, 6.45) is 0. The smallest absolute Gasteiger partial charge is 0.353 e. The first-order chi connectivity index (χ1) is 14.2. The van der Waals surface area contributed by atoms with Crippen molar-refractivity contribution in [3.05, 3.63) is 103 Å². The van der Waals surface area contributed by atoms with Gasteiger partial charge in [0.15, 0.2) is 0 Å². The van der Waals surface area contributed by atoms with E-state index in [1.165, 1.54) is 0 Å². The summed E-state index contributed by atoms with van der Waals surface area (Å²) in [5.74, 6) is -0.839. The van der Waals surface area contributed by atoms with Gasteiger partial charge in [-0.3, -0.25) is 0 Å². The Kier molecular flexibility index (Phi) is 5.36. The van der Waals surface area contributed by atoms with Crippen LogP contribution in [0.1, 0.15) is 10.4 Å². The molecule has 0 aromatic heterocycles. The first-order valence-corrected chi connectivity index (χ1v) is 9.49. The maximum Gasteiger partial charge on any atom is 0.353 e. The second-order valence-corrected chi connectivity index (χ2v) is 6.73. The van der Waals surface area contributed by atoms with Gasteiger partial charge in [0.25, 0.3) is 0 Å². The lowest BCUT2D eigenvalue weighted by molar-refractivity contribution is 0.0769. The summed E-state index contributed by atoms with van der Waals surface area (Å²) in [6, 6.07) is 30.8. The van der Waals surface area contributed by atoms with Gasteiger partial charge in [0.2, 0.25) is 0 Å². The second kappa shape index (κ2) is 8.25. The molecule has 0 amide bonds. The second-order valence-electron chi connectivity index (χ2n) is 6.55. The quantitative estimate of drug-likeness (QED) is 0.309. The molecule has 0 heterocycles. The maximum absolute atomic E-state index is 12.4. The highest BCUT2D eigenvalue weighted by Gasteiger charge is 2.24. The molecule has 4 heteroatoms. The minimum atomic E-state index is -0.709. The largest absolute Gasteiger partial charge is 0.506 e. The molecule has 0 bridgehead atoms. The zero-order valence-corrected chi connectivity index (χ0v) is 16.3. The van der Waals surface area contributed by atoms with Crippen LogP contribution in [0.4, 0.5) is 0 Å². The highest BCUT2D eigenvalue weighted by molar-refractivity contribution is 7.75. The van der Waals surface area contributed by atoms with E-state index in [4.69, 9.17) is 0 Å². The topological polar surface area (TPSA) is 46.5 Å². The Bertz CT molecular complexity index is 1140. The van der Waals surface area contributed by atoms with Crippen molar-refractivity contribution in [3.63, 3.8) is 0 Å². The molecule has 1 N–H and O–H groups in total. The summed E-state index contributed by atoms with van der Waals surface area (Å²) >= 11 is 3.65. The van der Waals surface area contributed by atoms with Gasteiger partial charge in [-0.2, -0.15) is 0 Å². The zero-order chi connectivity index (χ0) is 20.2. The Hall–Kier alpha value is -3.50. The molecule has 0 unspecified atom stereocenters.